The Balaban J connectivity index is 1.54. The molecule has 7 heteroatoms. The lowest BCUT2D eigenvalue weighted by Crippen LogP contribution is -2.37. The van der Waals surface area contributed by atoms with Crippen LogP contribution in [-0.2, 0) is 0 Å². The number of rotatable bonds is 5. The van der Waals surface area contributed by atoms with Crippen LogP contribution >= 0.6 is 12.2 Å². The van der Waals surface area contributed by atoms with E-state index in [0.29, 0.717) is 6.04 Å². The van der Waals surface area contributed by atoms with Gasteiger partial charge in [0.25, 0.3) is 0 Å². The molecule has 1 aliphatic heterocycles. The Bertz CT molecular complexity index is 1150. The second kappa shape index (κ2) is 8.39. The van der Waals surface area contributed by atoms with Crippen LogP contribution in [0.1, 0.15) is 65.1 Å². The lowest BCUT2D eigenvalue weighted by molar-refractivity contribution is 0.0697. The molecule has 2 N–H and O–H groups in total. The number of hydrogen-bond donors (Lipinski definition) is 2. The average Bonchev–Trinajstić information content (AvgIpc) is 3.53. The minimum atomic E-state index is -0.935. The van der Waals surface area contributed by atoms with Crippen LogP contribution in [0.3, 0.4) is 0 Å². The maximum atomic E-state index is 11.3. The first-order valence-corrected chi connectivity index (χ1v) is 11.4. The standard InChI is InChI=1S/C25H25N3O3S/c1-15-14-16(24(29)30)9-10-18(15)20-11-12-21(31-20)23-22(19-8-4-5-13-26-19)27-25(32)28(23)17-6-2-3-7-17/h4-5,8-14,17,22-23H,2-3,6-7H2,1H3,(H,27,32)(H,29,30)/t22-,23+/m1/s1. The first kappa shape index (κ1) is 20.7. The number of carboxylic acids is 1. The topological polar surface area (TPSA) is 78.6 Å². The Morgan fingerprint density at radius 3 is 2.69 bits per heavy atom. The fraction of sp³-hybridized carbons (Fsp3) is 0.320. The van der Waals surface area contributed by atoms with E-state index in [1.165, 1.54) is 12.8 Å². The smallest absolute Gasteiger partial charge is 0.335 e. The van der Waals surface area contributed by atoms with Crippen LogP contribution in [0.5, 0.6) is 0 Å². The molecule has 1 saturated carbocycles. The fourth-order valence-electron chi connectivity index (χ4n) is 4.98. The number of benzene rings is 1. The van der Waals surface area contributed by atoms with E-state index in [4.69, 9.17) is 16.6 Å². The first-order chi connectivity index (χ1) is 15.5. The zero-order valence-electron chi connectivity index (χ0n) is 17.8. The summed E-state index contributed by atoms with van der Waals surface area (Å²) in [4.78, 5) is 18.2. The minimum absolute atomic E-state index is 0.0900. The molecule has 0 radical (unpaired) electrons. The summed E-state index contributed by atoms with van der Waals surface area (Å²) in [5.74, 6) is 0.616. The van der Waals surface area contributed by atoms with E-state index in [2.05, 4.69) is 15.2 Å². The second-order valence-electron chi connectivity index (χ2n) is 8.51. The van der Waals surface area contributed by atoms with Gasteiger partial charge in [-0.2, -0.15) is 0 Å². The van der Waals surface area contributed by atoms with Crippen LogP contribution in [0.15, 0.2) is 59.1 Å². The Morgan fingerprint density at radius 1 is 1.19 bits per heavy atom. The fourth-order valence-corrected chi connectivity index (χ4v) is 5.37. The molecule has 3 heterocycles. The van der Waals surface area contributed by atoms with Crippen molar-refractivity contribution in [2.75, 3.05) is 0 Å². The van der Waals surface area contributed by atoms with E-state index in [9.17, 15) is 9.90 Å². The van der Waals surface area contributed by atoms with Gasteiger partial charge in [-0.3, -0.25) is 4.98 Å². The number of carboxylic acid groups (broad SMARTS) is 1. The molecule has 0 bridgehead atoms. The molecule has 1 aliphatic carbocycles. The zero-order valence-corrected chi connectivity index (χ0v) is 18.6. The van der Waals surface area contributed by atoms with Crippen molar-refractivity contribution in [3.05, 3.63) is 77.3 Å². The second-order valence-corrected chi connectivity index (χ2v) is 8.90. The van der Waals surface area contributed by atoms with Crippen LogP contribution in [-0.4, -0.2) is 32.1 Å². The molecule has 32 heavy (non-hydrogen) atoms. The number of aromatic carboxylic acids is 1. The molecule has 164 valence electrons. The van der Waals surface area contributed by atoms with Crippen LogP contribution in [0, 0.1) is 6.92 Å². The summed E-state index contributed by atoms with van der Waals surface area (Å²) in [6.45, 7) is 1.90. The Kier molecular flexibility index (Phi) is 5.43. The Hall–Kier alpha value is -3.19. The van der Waals surface area contributed by atoms with Crippen molar-refractivity contribution in [1.29, 1.82) is 0 Å². The molecule has 1 saturated heterocycles. The van der Waals surface area contributed by atoms with Crippen LogP contribution in [0.4, 0.5) is 0 Å². The summed E-state index contributed by atoms with van der Waals surface area (Å²) >= 11 is 5.78. The molecule has 3 aromatic rings. The molecule has 1 aromatic carbocycles. The van der Waals surface area contributed by atoms with Crippen molar-refractivity contribution in [2.24, 2.45) is 0 Å². The number of nitrogens with zero attached hydrogens (tertiary/aromatic N) is 2. The van der Waals surface area contributed by atoms with Gasteiger partial charge in [0, 0.05) is 17.8 Å². The highest BCUT2D eigenvalue weighted by molar-refractivity contribution is 7.80. The summed E-state index contributed by atoms with van der Waals surface area (Å²) in [6.07, 6.45) is 6.47. The Labute approximate surface area is 192 Å². The lowest BCUT2D eigenvalue weighted by Gasteiger charge is -2.31. The molecule has 2 fully saturated rings. The summed E-state index contributed by atoms with van der Waals surface area (Å²) < 4.78 is 6.41. The Morgan fingerprint density at radius 2 is 2.00 bits per heavy atom. The summed E-state index contributed by atoms with van der Waals surface area (Å²) in [6, 6.07) is 15.2. The number of furan rings is 1. The first-order valence-electron chi connectivity index (χ1n) is 11.0. The van der Waals surface area contributed by atoms with Gasteiger partial charge in [0.05, 0.1) is 17.3 Å². The van der Waals surface area contributed by atoms with Gasteiger partial charge in [0.2, 0.25) is 0 Å². The summed E-state index contributed by atoms with van der Waals surface area (Å²) in [5.41, 5.74) is 2.95. The van der Waals surface area contributed by atoms with E-state index in [1.807, 2.05) is 43.3 Å². The van der Waals surface area contributed by atoms with Gasteiger partial charge in [-0.05, 0) is 73.9 Å². The normalized spacial score (nSPS) is 21.2. The molecule has 0 unspecified atom stereocenters. The number of aromatic nitrogens is 1. The van der Waals surface area contributed by atoms with Crippen molar-refractivity contribution < 1.29 is 14.3 Å². The molecular formula is C25H25N3O3S. The van der Waals surface area contributed by atoms with Gasteiger partial charge in [0.15, 0.2) is 5.11 Å². The van der Waals surface area contributed by atoms with Crippen molar-refractivity contribution in [3.63, 3.8) is 0 Å². The third-order valence-corrected chi connectivity index (χ3v) is 6.84. The third-order valence-electron chi connectivity index (χ3n) is 6.51. The molecular weight excluding hydrogens is 422 g/mol. The maximum Gasteiger partial charge on any atom is 0.335 e. The van der Waals surface area contributed by atoms with Gasteiger partial charge < -0.3 is 19.7 Å². The average molecular weight is 448 g/mol. The monoisotopic (exact) mass is 447 g/mol. The SMILES string of the molecule is Cc1cc(C(=O)O)ccc1-c1ccc([C@H]2[C@@H](c3ccccn3)NC(=S)N2C2CCCC2)o1. The molecule has 5 rings (SSSR count). The van der Waals surface area contributed by atoms with E-state index in [-0.39, 0.29) is 17.6 Å². The molecule has 6 nitrogen and oxygen atoms in total. The quantitative estimate of drug-likeness (QED) is 0.516. The molecule has 2 aromatic heterocycles. The summed E-state index contributed by atoms with van der Waals surface area (Å²) in [5, 5.41) is 13.5. The predicted molar refractivity (Wildman–Crippen MR) is 125 cm³/mol. The van der Waals surface area contributed by atoms with Crippen LogP contribution < -0.4 is 5.32 Å². The van der Waals surface area contributed by atoms with Crippen molar-refractivity contribution >= 4 is 23.3 Å². The van der Waals surface area contributed by atoms with Gasteiger partial charge >= 0.3 is 5.97 Å². The highest BCUT2D eigenvalue weighted by Gasteiger charge is 2.45. The predicted octanol–water partition coefficient (Wildman–Crippen LogP) is 5.26. The molecule has 0 amide bonds. The molecule has 2 aliphatic rings. The highest BCUT2D eigenvalue weighted by atomic mass is 32.1. The molecule has 2 atom stereocenters. The number of thiocarbonyl (C=S) groups is 1. The minimum Gasteiger partial charge on any atom is -0.478 e. The van der Waals surface area contributed by atoms with Gasteiger partial charge in [0.1, 0.15) is 17.6 Å². The number of carbonyl (C=O) groups is 1. The number of aryl methyl sites for hydroxylation is 1. The van der Waals surface area contributed by atoms with E-state index >= 15 is 0 Å². The van der Waals surface area contributed by atoms with Crippen molar-refractivity contribution in [1.82, 2.24) is 15.2 Å². The van der Waals surface area contributed by atoms with Crippen molar-refractivity contribution in [3.8, 4) is 11.3 Å². The number of hydrogen-bond acceptors (Lipinski definition) is 4. The van der Waals surface area contributed by atoms with E-state index in [1.54, 1.807) is 18.3 Å². The lowest BCUT2D eigenvalue weighted by atomic mass is 10.0. The highest BCUT2D eigenvalue weighted by Crippen LogP contribution is 2.44. The summed E-state index contributed by atoms with van der Waals surface area (Å²) in [7, 11) is 0. The van der Waals surface area contributed by atoms with Gasteiger partial charge in [-0.15, -0.1) is 0 Å². The van der Waals surface area contributed by atoms with Gasteiger partial charge in [-0.25, -0.2) is 4.79 Å². The third kappa shape index (κ3) is 3.66. The van der Waals surface area contributed by atoms with Gasteiger partial charge in [-0.1, -0.05) is 25.0 Å². The molecule has 0 spiro atoms. The number of pyridine rings is 1. The van der Waals surface area contributed by atoms with E-state index in [0.717, 1.165) is 46.3 Å². The van der Waals surface area contributed by atoms with Crippen LogP contribution in [0.25, 0.3) is 11.3 Å². The largest absolute Gasteiger partial charge is 0.478 e. The van der Waals surface area contributed by atoms with E-state index < -0.39 is 5.97 Å². The maximum absolute atomic E-state index is 11.3. The van der Waals surface area contributed by atoms with Crippen molar-refractivity contribution in [2.45, 2.75) is 50.7 Å². The van der Waals surface area contributed by atoms with Crippen LogP contribution in [0.2, 0.25) is 0 Å². The number of nitrogens with one attached hydrogen (secondary N) is 1. The zero-order chi connectivity index (χ0) is 22.2.